The maximum Gasteiger partial charge on any atom is 0.244 e. The first kappa shape index (κ1) is 20.8. The van der Waals surface area contributed by atoms with Crippen LogP contribution < -0.4 is 5.32 Å². The minimum absolute atomic E-state index is 0.0530. The van der Waals surface area contributed by atoms with Crippen LogP contribution in [0.2, 0.25) is 5.02 Å². The lowest BCUT2D eigenvalue weighted by Crippen LogP contribution is -2.45. The van der Waals surface area contributed by atoms with E-state index in [1.165, 1.54) is 22.5 Å². The predicted molar refractivity (Wildman–Crippen MR) is 106 cm³/mol. The maximum absolute atomic E-state index is 13.6. The number of sulfonamides is 1. The summed E-state index contributed by atoms with van der Waals surface area (Å²) in [4.78, 5) is 12.5. The fraction of sp³-hybridized carbons (Fsp3) is 0.350. The van der Waals surface area contributed by atoms with Crippen molar-refractivity contribution in [3.8, 4) is 0 Å². The monoisotopic (exact) mass is 424 g/mol. The van der Waals surface area contributed by atoms with Gasteiger partial charge in [0.1, 0.15) is 10.7 Å². The van der Waals surface area contributed by atoms with Gasteiger partial charge >= 0.3 is 0 Å². The second kappa shape index (κ2) is 9.03. The Morgan fingerprint density at radius 1 is 1.18 bits per heavy atom. The van der Waals surface area contributed by atoms with E-state index in [0.29, 0.717) is 37.9 Å². The third-order valence-electron chi connectivity index (χ3n) is 4.86. The van der Waals surface area contributed by atoms with Gasteiger partial charge in [0.15, 0.2) is 0 Å². The molecule has 1 amide bonds. The molecule has 1 atom stereocenters. The molecule has 0 spiro atoms. The first-order valence-corrected chi connectivity index (χ1v) is 11.0. The summed E-state index contributed by atoms with van der Waals surface area (Å²) in [6, 6.07) is 12.7. The van der Waals surface area contributed by atoms with Gasteiger partial charge in [-0.1, -0.05) is 41.9 Å². The molecule has 2 aromatic carbocycles. The highest BCUT2D eigenvalue weighted by Crippen LogP contribution is 2.28. The van der Waals surface area contributed by atoms with Crippen LogP contribution in [0.25, 0.3) is 0 Å². The van der Waals surface area contributed by atoms with E-state index in [2.05, 4.69) is 5.32 Å². The average molecular weight is 425 g/mol. The van der Waals surface area contributed by atoms with Gasteiger partial charge in [-0.15, -0.1) is 0 Å². The van der Waals surface area contributed by atoms with Crippen LogP contribution in [0, 0.1) is 11.7 Å². The smallest absolute Gasteiger partial charge is 0.244 e. The van der Waals surface area contributed by atoms with E-state index in [4.69, 9.17) is 11.6 Å². The maximum atomic E-state index is 13.6. The van der Waals surface area contributed by atoms with E-state index in [-0.39, 0.29) is 28.2 Å². The number of amides is 1. The number of halogens is 2. The molecule has 1 unspecified atom stereocenters. The van der Waals surface area contributed by atoms with E-state index in [0.717, 1.165) is 0 Å². The molecule has 0 aromatic heterocycles. The highest BCUT2D eigenvalue weighted by atomic mass is 35.5. The topological polar surface area (TPSA) is 66.5 Å². The van der Waals surface area contributed by atoms with Gasteiger partial charge < -0.3 is 5.32 Å². The Morgan fingerprint density at radius 2 is 1.89 bits per heavy atom. The van der Waals surface area contributed by atoms with Gasteiger partial charge in [0.05, 0.1) is 10.9 Å². The van der Waals surface area contributed by atoms with Crippen molar-refractivity contribution in [3.05, 3.63) is 64.9 Å². The third kappa shape index (κ3) is 4.71. The zero-order valence-electron chi connectivity index (χ0n) is 15.3. The molecule has 5 nitrogen and oxygen atoms in total. The molecule has 1 N–H and O–H groups in total. The van der Waals surface area contributed by atoms with Gasteiger partial charge in [0, 0.05) is 19.6 Å². The lowest BCUT2D eigenvalue weighted by Gasteiger charge is -2.31. The molecule has 1 saturated heterocycles. The Balaban J connectivity index is 1.60. The Kier molecular flexibility index (Phi) is 6.69. The normalized spacial score (nSPS) is 18.0. The van der Waals surface area contributed by atoms with Gasteiger partial charge in [-0.2, -0.15) is 4.31 Å². The van der Waals surface area contributed by atoms with Crippen molar-refractivity contribution in [1.29, 1.82) is 0 Å². The minimum Gasteiger partial charge on any atom is -0.355 e. The van der Waals surface area contributed by atoms with Gasteiger partial charge in [-0.3, -0.25) is 4.79 Å². The Labute approximate surface area is 169 Å². The SMILES string of the molecule is O=C(NCCc1ccccc1F)C1CCCN(S(=O)(=O)c2ccccc2Cl)C1. The van der Waals surface area contributed by atoms with Gasteiger partial charge in [-0.25, -0.2) is 12.8 Å². The first-order chi connectivity index (χ1) is 13.4. The predicted octanol–water partition coefficient (Wildman–Crippen LogP) is 3.24. The summed E-state index contributed by atoms with van der Waals surface area (Å²) in [7, 11) is -3.76. The molecular formula is C20H22ClFN2O3S. The summed E-state index contributed by atoms with van der Waals surface area (Å²) < 4.78 is 40.7. The van der Waals surface area contributed by atoms with Crippen molar-refractivity contribution >= 4 is 27.5 Å². The summed E-state index contributed by atoms with van der Waals surface area (Å²) >= 11 is 6.05. The van der Waals surface area contributed by atoms with Crippen molar-refractivity contribution in [3.63, 3.8) is 0 Å². The van der Waals surface area contributed by atoms with Crippen molar-refractivity contribution in [1.82, 2.24) is 9.62 Å². The van der Waals surface area contributed by atoms with Crippen LogP contribution >= 0.6 is 11.6 Å². The lowest BCUT2D eigenvalue weighted by molar-refractivity contribution is -0.126. The summed E-state index contributed by atoms with van der Waals surface area (Å²) in [6.45, 7) is 0.763. The highest BCUT2D eigenvalue weighted by molar-refractivity contribution is 7.89. The van der Waals surface area contributed by atoms with Crippen LogP contribution in [0.5, 0.6) is 0 Å². The molecule has 0 aliphatic carbocycles. The summed E-state index contributed by atoms with van der Waals surface area (Å²) in [6.07, 6.45) is 1.59. The molecule has 1 heterocycles. The number of nitrogens with one attached hydrogen (secondary N) is 1. The summed E-state index contributed by atoms with van der Waals surface area (Å²) in [5.41, 5.74) is 0.536. The molecule has 28 heavy (non-hydrogen) atoms. The van der Waals surface area contributed by atoms with Crippen molar-refractivity contribution in [2.75, 3.05) is 19.6 Å². The number of carbonyl (C=O) groups excluding carboxylic acids is 1. The quantitative estimate of drug-likeness (QED) is 0.774. The Bertz CT molecular complexity index is 952. The Morgan fingerprint density at radius 3 is 2.64 bits per heavy atom. The van der Waals surface area contributed by atoms with Gasteiger partial charge in [0.2, 0.25) is 15.9 Å². The van der Waals surface area contributed by atoms with E-state index in [1.807, 2.05) is 0 Å². The fourth-order valence-corrected chi connectivity index (χ4v) is 5.35. The zero-order chi connectivity index (χ0) is 20.1. The van der Waals surface area contributed by atoms with E-state index in [9.17, 15) is 17.6 Å². The van der Waals surface area contributed by atoms with Gasteiger partial charge in [0.25, 0.3) is 0 Å². The van der Waals surface area contributed by atoms with E-state index < -0.39 is 15.9 Å². The average Bonchev–Trinajstić information content (AvgIpc) is 2.69. The Hall–Kier alpha value is -1.96. The number of hydrogen-bond acceptors (Lipinski definition) is 3. The highest BCUT2D eigenvalue weighted by Gasteiger charge is 2.34. The molecule has 2 aromatic rings. The number of rotatable bonds is 6. The minimum atomic E-state index is -3.76. The van der Waals surface area contributed by atoms with Crippen molar-refractivity contribution in [2.45, 2.75) is 24.2 Å². The molecule has 1 aliphatic rings. The van der Waals surface area contributed by atoms with E-state index in [1.54, 1.807) is 30.3 Å². The van der Waals surface area contributed by atoms with Crippen LogP contribution in [0.15, 0.2) is 53.4 Å². The van der Waals surface area contributed by atoms with E-state index >= 15 is 0 Å². The molecule has 8 heteroatoms. The number of hydrogen-bond donors (Lipinski definition) is 1. The van der Waals surface area contributed by atoms with Crippen LogP contribution in [0.3, 0.4) is 0 Å². The van der Waals surface area contributed by atoms with Crippen LogP contribution in [0.1, 0.15) is 18.4 Å². The third-order valence-corrected chi connectivity index (χ3v) is 7.23. The number of nitrogens with zero attached hydrogens (tertiary/aromatic N) is 1. The molecule has 1 fully saturated rings. The second-order valence-corrected chi connectivity index (χ2v) is 9.08. The second-order valence-electron chi connectivity index (χ2n) is 6.77. The molecule has 150 valence electrons. The molecule has 3 rings (SSSR count). The van der Waals surface area contributed by atoms with Crippen molar-refractivity contribution in [2.24, 2.45) is 5.92 Å². The fourth-order valence-electron chi connectivity index (χ4n) is 3.33. The zero-order valence-corrected chi connectivity index (χ0v) is 16.8. The van der Waals surface area contributed by atoms with Gasteiger partial charge in [-0.05, 0) is 43.0 Å². The standard InChI is InChI=1S/C20H22ClFN2O3S/c21-17-8-2-4-10-19(17)28(26,27)24-13-5-7-16(14-24)20(25)23-12-11-15-6-1-3-9-18(15)22/h1-4,6,8-10,16H,5,7,11-14H2,(H,23,25). The molecule has 1 aliphatic heterocycles. The molecular weight excluding hydrogens is 403 g/mol. The van der Waals surface area contributed by atoms with Crippen LogP contribution in [0.4, 0.5) is 4.39 Å². The molecule has 0 radical (unpaired) electrons. The number of carbonyl (C=O) groups is 1. The largest absolute Gasteiger partial charge is 0.355 e. The number of benzene rings is 2. The summed E-state index contributed by atoms with van der Waals surface area (Å²) in [5.74, 6) is -0.951. The summed E-state index contributed by atoms with van der Waals surface area (Å²) in [5, 5.41) is 2.96. The van der Waals surface area contributed by atoms with Crippen LogP contribution in [-0.4, -0.2) is 38.3 Å². The lowest BCUT2D eigenvalue weighted by atomic mass is 9.99. The molecule has 0 bridgehead atoms. The first-order valence-electron chi connectivity index (χ1n) is 9.15. The van der Waals surface area contributed by atoms with Crippen LogP contribution in [-0.2, 0) is 21.2 Å². The van der Waals surface area contributed by atoms with Crippen molar-refractivity contribution < 1.29 is 17.6 Å². The number of piperidine rings is 1. The molecule has 0 saturated carbocycles.